The Kier molecular flexibility index (Phi) is 4.33. The molecular formula is C16H24N2O2S. The van der Waals surface area contributed by atoms with Crippen molar-refractivity contribution in [3.8, 4) is 0 Å². The predicted octanol–water partition coefficient (Wildman–Crippen LogP) is 2.12. The summed E-state index contributed by atoms with van der Waals surface area (Å²) in [6, 6.07) is 7.11. The quantitative estimate of drug-likeness (QED) is 0.846. The summed E-state index contributed by atoms with van der Waals surface area (Å²) in [5.74, 6) is 2.14. The van der Waals surface area contributed by atoms with Gasteiger partial charge < -0.3 is 5.32 Å². The molecule has 0 saturated heterocycles. The van der Waals surface area contributed by atoms with Gasteiger partial charge in [0.1, 0.15) is 0 Å². The van der Waals surface area contributed by atoms with E-state index in [2.05, 4.69) is 10.0 Å². The van der Waals surface area contributed by atoms with E-state index in [-0.39, 0.29) is 0 Å². The SMILES string of the molecule is CNCc1ccc(S(=O)(=O)NCC2CC3CCC2C3)cc1. The average Bonchev–Trinajstić information content (AvgIpc) is 3.09. The number of hydrogen-bond acceptors (Lipinski definition) is 3. The normalized spacial score (nSPS) is 28.1. The summed E-state index contributed by atoms with van der Waals surface area (Å²) in [6.45, 7) is 1.35. The third kappa shape index (κ3) is 3.30. The fourth-order valence-electron chi connectivity index (χ4n) is 3.92. The topological polar surface area (TPSA) is 58.2 Å². The van der Waals surface area contributed by atoms with E-state index in [4.69, 9.17) is 0 Å². The smallest absolute Gasteiger partial charge is 0.240 e. The van der Waals surface area contributed by atoms with Crippen molar-refractivity contribution in [1.82, 2.24) is 10.0 Å². The first-order chi connectivity index (χ1) is 10.1. The standard InChI is InChI=1S/C16H24N2O2S/c1-17-10-12-3-6-16(7-4-12)21(19,20)18-11-15-9-13-2-5-14(15)8-13/h3-4,6-7,13-15,17-18H,2,5,8-11H2,1H3. The monoisotopic (exact) mass is 308 g/mol. The highest BCUT2D eigenvalue weighted by Gasteiger charge is 2.39. The van der Waals surface area contributed by atoms with Crippen LogP contribution in [0.3, 0.4) is 0 Å². The van der Waals surface area contributed by atoms with Gasteiger partial charge in [0, 0.05) is 13.1 Å². The van der Waals surface area contributed by atoms with Crippen LogP contribution in [-0.2, 0) is 16.6 Å². The van der Waals surface area contributed by atoms with E-state index in [1.54, 1.807) is 12.1 Å². The Morgan fingerprint density at radius 1 is 1.14 bits per heavy atom. The fourth-order valence-corrected chi connectivity index (χ4v) is 5.01. The number of sulfonamides is 1. The minimum absolute atomic E-state index is 0.366. The van der Waals surface area contributed by atoms with E-state index < -0.39 is 10.0 Å². The Bertz CT molecular complexity index is 583. The summed E-state index contributed by atoms with van der Waals surface area (Å²) in [6.07, 6.45) is 5.15. The van der Waals surface area contributed by atoms with Crippen molar-refractivity contribution < 1.29 is 8.42 Å². The number of fused-ring (bicyclic) bond motifs is 2. The Labute approximate surface area is 127 Å². The van der Waals surface area contributed by atoms with E-state index in [0.29, 0.717) is 17.4 Å². The molecule has 0 spiro atoms. The van der Waals surface area contributed by atoms with E-state index >= 15 is 0 Å². The molecule has 3 unspecified atom stereocenters. The minimum Gasteiger partial charge on any atom is -0.316 e. The maximum Gasteiger partial charge on any atom is 0.240 e. The maximum atomic E-state index is 12.3. The van der Waals surface area contributed by atoms with Crippen LogP contribution < -0.4 is 10.0 Å². The average molecular weight is 308 g/mol. The molecule has 21 heavy (non-hydrogen) atoms. The predicted molar refractivity (Wildman–Crippen MR) is 83.3 cm³/mol. The second-order valence-corrected chi connectivity index (χ2v) is 8.23. The summed E-state index contributed by atoms with van der Waals surface area (Å²) < 4.78 is 27.5. The van der Waals surface area contributed by atoms with Crippen LogP contribution >= 0.6 is 0 Å². The summed E-state index contributed by atoms with van der Waals surface area (Å²) in [5.41, 5.74) is 1.09. The molecule has 2 aliphatic rings. The van der Waals surface area contributed by atoms with Crippen LogP contribution in [0.2, 0.25) is 0 Å². The molecule has 0 aliphatic heterocycles. The Balaban J connectivity index is 1.61. The van der Waals surface area contributed by atoms with Crippen molar-refractivity contribution in [1.29, 1.82) is 0 Å². The molecule has 3 atom stereocenters. The van der Waals surface area contributed by atoms with E-state index in [0.717, 1.165) is 23.9 Å². The van der Waals surface area contributed by atoms with Gasteiger partial charge in [-0.3, -0.25) is 0 Å². The van der Waals surface area contributed by atoms with E-state index in [1.807, 2.05) is 19.2 Å². The molecule has 116 valence electrons. The largest absolute Gasteiger partial charge is 0.316 e. The molecule has 1 aromatic carbocycles. The molecule has 2 bridgehead atoms. The lowest BCUT2D eigenvalue weighted by Crippen LogP contribution is -2.31. The summed E-state index contributed by atoms with van der Waals surface area (Å²) >= 11 is 0. The third-order valence-corrected chi connectivity index (χ3v) is 6.47. The van der Waals surface area contributed by atoms with Gasteiger partial charge in [-0.1, -0.05) is 18.6 Å². The lowest BCUT2D eigenvalue weighted by atomic mass is 9.89. The molecule has 5 heteroatoms. The molecule has 0 amide bonds. The van der Waals surface area contributed by atoms with Gasteiger partial charge in [0.25, 0.3) is 0 Å². The van der Waals surface area contributed by atoms with Gasteiger partial charge >= 0.3 is 0 Å². The van der Waals surface area contributed by atoms with Crippen molar-refractivity contribution in [2.75, 3.05) is 13.6 Å². The Hall–Kier alpha value is -0.910. The van der Waals surface area contributed by atoms with Gasteiger partial charge in [0.05, 0.1) is 4.90 Å². The molecule has 2 fully saturated rings. The van der Waals surface area contributed by atoms with Gasteiger partial charge in [-0.25, -0.2) is 13.1 Å². The van der Waals surface area contributed by atoms with Gasteiger partial charge in [-0.2, -0.15) is 0 Å². The van der Waals surface area contributed by atoms with Crippen LogP contribution in [0.5, 0.6) is 0 Å². The lowest BCUT2D eigenvalue weighted by Gasteiger charge is -2.21. The molecule has 0 aromatic heterocycles. The lowest BCUT2D eigenvalue weighted by molar-refractivity contribution is 0.333. The minimum atomic E-state index is -3.37. The van der Waals surface area contributed by atoms with Gasteiger partial charge in [0.2, 0.25) is 10.0 Å². The number of rotatable bonds is 6. The number of benzene rings is 1. The van der Waals surface area contributed by atoms with Crippen LogP contribution in [-0.4, -0.2) is 22.0 Å². The molecule has 2 N–H and O–H groups in total. The van der Waals surface area contributed by atoms with Crippen LogP contribution in [0, 0.1) is 17.8 Å². The Morgan fingerprint density at radius 2 is 1.90 bits per heavy atom. The summed E-state index contributed by atoms with van der Waals surface area (Å²) in [4.78, 5) is 0.366. The van der Waals surface area contributed by atoms with Crippen molar-refractivity contribution in [2.45, 2.75) is 37.1 Å². The second kappa shape index (κ2) is 6.07. The molecular weight excluding hydrogens is 284 g/mol. The summed E-state index contributed by atoms with van der Waals surface area (Å²) in [5, 5.41) is 3.05. The highest BCUT2D eigenvalue weighted by molar-refractivity contribution is 7.89. The van der Waals surface area contributed by atoms with E-state index in [9.17, 15) is 8.42 Å². The number of hydrogen-bond donors (Lipinski definition) is 2. The van der Waals surface area contributed by atoms with Crippen molar-refractivity contribution in [3.05, 3.63) is 29.8 Å². The van der Waals surface area contributed by atoms with Crippen molar-refractivity contribution in [2.24, 2.45) is 17.8 Å². The maximum absolute atomic E-state index is 12.3. The molecule has 4 nitrogen and oxygen atoms in total. The molecule has 0 radical (unpaired) electrons. The molecule has 0 heterocycles. The number of nitrogens with one attached hydrogen (secondary N) is 2. The molecule has 2 saturated carbocycles. The molecule has 2 aliphatic carbocycles. The van der Waals surface area contributed by atoms with Gasteiger partial charge in [-0.15, -0.1) is 0 Å². The second-order valence-electron chi connectivity index (χ2n) is 6.46. The fraction of sp³-hybridized carbons (Fsp3) is 0.625. The van der Waals surface area contributed by atoms with Crippen LogP contribution in [0.25, 0.3) is 0 Å². The Morgan fingerprint density at radius 3 is 2.48 bits per heavy atom. The molecule has 3 rings (SSSR count). The first-order valence-electron chi connectivity index (χ1n) is 7.81. The van der Waals surface area contributed by atoms with Crippen LogP contribution in [0.15, 0.2) is 29.2 Å². The van der Waals surface area contributed by atoms with Gasteiger partial charge in [-0.05, 0) is 61.8 Å². The first-order valence-corrected chi connectivity index (χ1v) is 9.30. The van der Waals surface area contributed by atoms with Gasteiger partial charge in [0.15, 0.2) is 0 Å². The zero-order chi connectivity index (χ0) is 14.9. The van der Waals surface area contributed by atoms with Crippen LogP contribution in [0.4, 0.5) is 0 Å². The zero-order valence-electron chi connectivity index (χ0n) is 12.5. The summed E-state index contributed by atoms with van der Waals surface area (Å²) in [7, 11) is -1.49. The highest BCUT2D eigenvalue weighted by atomic mass is 32.2. The zero-order valence-corrected chi connectivity index (χ0v) is 13.3. The highest BCUT2D eigenvalue weighted by Crippen LogP contribution is 2.48. The van der Waals surface area contributed by atoms with Crippen molar-refractivity contribution in [3.63, 3.8) is 0 Å². The van der Waals surface area contributed by atoms with Crippen LogP contribution in [0.1, 0.15) is 31.2 Å². The van der Waals surface area contributed by atoms with E-state index in [1.165, 1.54) is 25.7 Å². The third-order valence-electron chi connectivity index (χ3n) is 5.03. The first kappa shape index (κ1) is 15.0. The van der Waals surface area contributed by atoms with Crippen molar-refractivity contribution >= 4 is 10.0 Å². The molecule has 1 aromatic rings.